The molecule has 1 atom stereocenters. The third kappa shape index (κ3) is 3.49. The summed E-state index contributed by atoms with van der Waals surface area (Å²) in [5.74, 6) is -0.615. The zero-order valence-electron chi connectivity index (χ0n) is 12.1. The maximum Gasteiger partial charge on any atom is 0.253 e. The summed E-state index contributed by atoms with van der Waals surface area (Å²) < 4.78 is 13.0. The fourth-order valence-corrected chi connectivity index (χ4v) is 3.00. The number of carbonyl (C=O) groups excluding carboxylic acids is 1. The number of aromatic amines is 1. The van der Waals surface area contributed by atoms with Crippen LogP contribution in [0, 0.1) is 5.82 Å². The highest BCUT2D eigenvalue weighted by Gasteiger charge is 2.16. The number of benzene rings is 1. The number of rotatable bonds is 5. The van der Waals surface area contributed by atoms with Gasteiger partial charge in [0.15, 0.2) is 0 Å². The van der Waals surface area contributed by atoms with E-state index in [0.29, 0.717) is 11.1 Å². The Kier molecular flexibility index (Phi) is 4.55. The van der Waals surface area contributed by atoms with Crippen LogP contribution in [-0.2, 0) is 0 Å². The van der Waals surface area contributed by atoms with Gasteiger partial charge in [-0.3, -0.25) is 4.79 Å². The number of amides is 1. The van der Waals surface area contributed by atoms with Crippen LogP contribution in [0.4, 0.5) is 4.39 Å². The van der Waals surface area contributed by atoms with Crippen LogP contribution in [-0.4, -0.2) is 22.5 Å². The van der Waals surface area contributed by atoms with E-state index in [0.717, 1.165) is 10.4 Å². The largest absolute Gasteiger partial charge is 0.386 e. The van der Waals surface area contributed by atoms with Crippen molar-refractivity contribution in [3.05, 3.63) is 70.4 Å². The van der Waals surface area contributed by atoms with E-state index in [4.69, 9.17) is 0 Å². The first kappa shape index (κ1) is 15.5. The number of aromatic nitrogens is 1. The molecule has 0 radical (unpaired) electrons. The van der Waals surface area contributed by atoms with Crippen LogP contribution in [0.3, 0.4) is 0 Å². The zero-order chi connectivity index (χ0) is 16.2. The molecule has 0 bridgehead atoms. The quantitative estimate of drug-likeness (QED) is 0.672. The zero-order valence-corrected chi connectivity index (χ0v) is 12.9. The molecule has 0 saturated heterocycles. The Labute approximate surface area is 136 Å². The summed E-state index contributed by atoms with van der Waals surface area (Å²) >= 11 is 1.44. The molecular formula is C17H15FN2O2S. The van der Waals surface area contributed by atoms with E-state index < -0.39 is 6.10 Å². The number of hydrogen-bond donors (Lipinski definition) is 3. The first-order valence-corrected chi connectivity index (χ1v) is 7.95. The van der Waals surface area contributed by atoms with Gasteiger partial charge < -0.3 is 15.4 Å². The minimum atomic E-state index is -0.729. The van der Waals surface area contributed by atoms with Gasteiger partial charge in [0.1, 0.15) is 11.9 Å². The van der Waals surface area contributed by atoms with Crippen LogP contribution in [0.15, 0.2) is 54.2 Å². The number of H-pyrrole nitrogens is 1. The van der Waals surface area contributed by atoms with Gasteiger partial charge in [0.25, 0.3) is 5.91 Å². The molecule has 0 aliphatic heterocycles. The molecule has 6 heteroatoms. The minimum Gasteiger partial charge on any atom is -0.386 e. The van der Waals surface area contributed by atoms with Gasteiger partial charge in [-0.25, -0.2) is 4.39 Å². The molecule has 4 nitrogen and oxygen atoms in total. The predicted octanol–water partition coefficient (Wildman–Crippen LogP) is 3.35. The molecule has 0 saturated carbocycles. The Bertz CT molecular complexity index is 781. The van der Waals surface area contributed by atoms with Crippen LogP contribution in [0.2, 0.25) is 0 Å². The molecule has 1 aromatic carbocycles. The molecule has 23 heavy (non-hydrogen) atoms. The van der Waals surface area contributed by atoms with Crippen molar-refractivity contribution >= 4 is 17.2 Å². The monoisotopic (exact) mass is 330 g/mol. The smallest absolute Gasteiger partial charge is 0.253 e. The Hall–Kier alpha value is -2.44. The van der Waals surface area contributed by atoms with Crippen LogP contribution in [0.5, 0.6) is 0 Å². The molecular weight excluding hydrogens is 315 g/mol. The van der Waals surface area contributed by atoms with Gasteiger partial charge in [-0.2, -0.15) is 0 Å². The Morgan fingerprint density at radius 2 is 2.04 bits per heavy atom. The van der Waals surface area contributed by atoms with Gasteiger partial charge in [-0.1, -0.05) is 18.2 Å². The maximum absolute atomic E-state index is 13.0. The number of nitrogens with one attached hydrogen (secondary N) is 2. The normalized spacial score (nSPS) is 12.1. The van der Waals surface area contributed by atoms with Gasteiger partial charge >= 0.3 is 0 Å². The van der Waals surface area contributed by atoms with E-state index in [1.807, 2.05) is 17.5 Å². The molecule has 0 aliphatic rings. The first-order chi connectivity index (χ1) is 11.1. The van der Waals surface area contributed by atoms with Crippen LogP contribution >= 0.6 is 11.3 Å². The van der Waals surface area contributed by atoms with Crippen molar-refractivity contribution in [2.45, 2.75) is 6.10 Å². The number of halogens is 1. The van der Waals surface area contributed by atoms with E-state index >= 15 is 0 Å². The van der Waals surface area contributed by atoms with Gasteiger partial charge in [0, 0.05) is 29.4 Å². The van der Waals surface area contributed by atoms with E-state index in [1.165, 1.54) is 23.5 Å². The molecule has 3 rings (SSSR count). The van der Waals surface area contributed by atoms with Crippen LogP contribution in [0.1, 0.15) is 21.3 Å². The second-order valence-corrected chi connectivity index (χ2v) is 6.01. The van der Waals surface area contributed by atoms with Gasteiger partial charge in [0.05, 0.1) is 5.56 Å². The molecule has 0 aliphatic carbocycles. The highest BCUT2D eigenvalue weighted by atomic mass is 32.1. The highest BCUT2D eigenvalue weighted by molar-refractivity contribution is 7.10. The fourth-order valence-electron chi connectivity index (χ4n) is 2.29. The molecule has 3 aromatic rings. The molecule has 0 spiro atoms. The van der Waals surface area contributed by atoms with Gasteiger partial charge in [-0.15, -0.1) is 11.3 Å². The lowest BCUT2D eigenvalue weighted by atomic mass is 10.0. The lowest BCUT2D eigenvalue weighted by Gasteiger charge is -2.10. The van der Waals surface area contributed by atoms with Crippen LogP contribution < -0.4 is 5.32 Å². The fraction of sp³-hybridized carbons (Fsp3) is 0.118. The Morgan fingerprint density at radius 3 is 2.74 bits per heavy atom. The van der Waals surface area contributed by atoms with Crippen molar-refractivity contribution in [3.63, 3.8) is 0 Å². The van der Waals surface area contributed by atoms with Crippen molar-refractivity contribution in [1.82, 2.24) is 10.3 Å². The summed E-state index contributed by atoms with van der Waals surface area (Å²) in [7, 11) is 0. The average molecular weight is 330 g/mol. The molecule has 1 amide bonds. The number of aliphatic hydroxyl groups is 1. The molecule has 0 fully saturated rings. The third-order valence-corrected chi connectivity index (χ3v) is 4.45. The molecule has 3 N–H and O–H groups in total. The summed E-state index contributed by atoms with van der Waals surface area (Å²) in [6.45, 7) is 0.132. The second kappa shape index (κ2) is 6.76. The van der Waals surface area contributed by atoms with Crippen molar-refractivity contribution < 1.29 is 14.3 Å². The van der Waals surface area contributed by atoms with Gasteiger partial charge in [0.2, 0.25) is 0 Å². The first-order valence-electron chi connectivity index (χ1n) is 7.07. The number of aliphatic hydroxyl groups excluding tert-OH is 1. The molecule has 2 heterocycles. The lowest BCUT2D eigenvalue weighted by molar-refractivity contribution is 0.0919. The number of hydrogen-bond acceptors (Lipinski definition) is 3. The van der Waals surface area contributed by atoms with Crippen molar-refractivity contribution in [1.29, 1.82) is 0 Å². The molecule has 118 valence electrons. The summed E-state index contributed by atoms with van der Waals surface area (Å²) in [4.78, 5) is 16.0. The summed E-state index contributed by atoms with van der Waals surface area (Å²) in [6, 6.07) is 9.62. The van der Waals surface area contributed by atoms with E-state index in [-0.39, 0.29) is 18.3 Å². The standard InChI is InChI=1S/C17H15FN2O2S/c18-12-5-3-11(4-6-12)13-8-19-9-14(13)17(22)20-10-15(21)16-2-1-7-23-16/h1-9,15,19,21H,10H2,(H,20,22)/t15-/m0/s1. The van der Waals surface area contributed by atoms with E-state index in [1.54, 1.807) is 24.5 Å². The summed E-state index contributed by atoms with van der Waals surface area (Å²) in [5, 5.41) is 14.6. The van der Waals surface area contributed by atoms with Crippen molar-refractivity contribution in [3.8, 4) is 11.1 Å². The Balaban J connectivity index is 1.71. The highest BCUT2D eigenvalue weighted by Crippen LogP contribution is 2.24. The lowest BCUT2D eigenvalue weighted by Crippen LogP contribution is -2.28. The topological polar surface area (TPSA) is 65.1 Å². The predicted molar refractivity (Wildman–Crippen MR) is 87.8 cm³/mol. The van der Waals surface area contributed by atoms with Gasteiger partial charge in [-0.05, 0) is 29.1 Å². The van der Waals surface area contributed by atoms with E-state index in [2.05, 4.69) is 10.3 Å². The van der Waals surface area contributed by atoms with E-state index in [9.17, 15) is 14.3 Å². The number of thiophene rings is 1. The van der Waals surface area contributed by atoms with Crippen LogP contribution in [0.25, 0.3) is 11.1 Å². The summed E-state index contributed by atoms with van der Waals surface area (Å²) in [5.41, 5.74) is 1.89. The third-order valence-electron chi connectivity index (χ3n) is 3.47. The second-order valence-electron chi connectivity index (χ2n) is 5.03. The maximum atomic E-state index is 13.0. The SMILES string of the molecule is O=C(NC[C@H](O)c1cccs1)c1c[nH]cc1-c1ccc(F)cc1. The average Bonchev–Trinajstić information content (AvgIpc) is 3.24. The summed E-state index contributed by atoms with van der Waals surface area (Å²) in [6.07, 6.45) is 2.55. The molecule has 0 unspecified atom stereocenters. The van der Waals surface area contributed by atoms with Crippen molar-refractivity contribution in [2.24, 2.45) is 0 Å². The number of carbonyl (C=O) groups is 1. The molecule has 2 aromatic heterocycles. The Morgan fingerprint density at radius 1 is 1.26 bits per heavy atom. The van der Waals surface area contributed by atoms with Crippen molar-refractivity contribution in [2.75, 3.05) is 6.54 Å². The minimum absolute atomic E-state index is 0.132.